The molecule has 1 heterocycles. The molecule has 0 unspecified atom stereocenters. The van der Waals surface area contributed by atoms with Crippen LogP contribution in [0.2, 0.25) is 10.0 Å². The molecule has 1 aromatic heterocycles. The Hall–Kier alpha value is -3.14. The number of hydrogen-bond acceptors (Lipinski definition) is 5. The Morgan fingerprint density at radius 1 is 1.10 bits per heavy atom. The zero-order valence-electron chi connectivity index (χ0n) is 17.3. The van der Waals surface area contributed by atoms with E-state index >= 15 is 0 Å². The predicted octanol–water partition coefficient (Wildman–Crippen LogP) is 5.25. The molecular formula is C23H22Cl2N2O4. The van der Waals surface area contributed by atoms with Gasteiger partial charge in [0.1, 0.15) is 0 Å². The zero-order valence-corrected chi connectivity index (χ0v) is 18.9. The Labute approximate surface area is 190 Å². The highest BCUT2D eigenvalue weighted by molar-refractivity contribution is 6.38. The van der Waals surface area contributed by atoms with E-state index in [4.69, 9.17) is 40.1 Å². The lowest BCUT2D eigenvalue weighted by Crippen LogP contribution is -2.04. The number of esters is 2. The number of carbonyl (C=O) groups is 2. The molecule has 0 atom stereocenters. The first-order chi connectivity index (χ1) is 14.8. The molecule has 0 saturated carbocycles. The summed E-state index contributed by atoms with van der Waals surface area (Å²) in [6, 6.07) is 6.69. The minimum absolute atomic E-state index is 0.152. The van der Waals surface area contributed by atoms with E-state index in [0.717, 1.165) is 29.3 Å². The van der Waals surface area contributed by atoms with Crippen molar-refractivity contribution in [1.82, 2.24) is 4.98 Å². The quantitative estimate of drug-likeness (QED) is 0.314. The van der Waals surface area contributed by atoms with Crippen LogP contribution in [0.4, 0.5) is 5.69 Å². The van der Waals surface area contributed by atoms with Crippen LogP contribution in [0.1, 0.15) is 45.2 Å². The summed E-state index contributed by atoms with van der Waals surface area (Å²) < 4.78 is 9.27. The third-order valence-electron chi connectivity index (χ3n) is 4.51. The molecule has 0 aliphatic heterocycles. The van der Waals surface area contributed by atoms with Crippen molar-refractivity contribution in [3.05, 3.63) is 62.8 Å². The van der Waals surface area contributed by atoms with Crippen molar-refractivity contribution >= 4 is 51.7 Å². The maximum absolute atomic E-state index is 11.6. The maximum atomic E-state index is 11.6. The van der Waals surface area contributed by atoms with Crippen LogP contribution in [0.5, 0.6) is 0 Å². The first-order valence-corrected chi connectivity index (χ1v) is 10.1. The molecular weight excluding hydrogens is 439 g/mol. The number of hydrogen-bond donors (Lipinski definition) is 2. The first-order valence-electron chi connectivity index (χ1n) is 9.30. The molecule has 6 nitrogen and oxygen atoms in total. The third-order valence-corrected chi connectivity index (χ3v) is 5.31. The van der Waals surface area contributed by atoms with Crippen LogP contribution in [0, 0.1) is 12.3 Å². The first kappa shape index (κ1) is 24.1. The van der Waals surface area contributed by atoms with Gasteiger partial charge in [-0.25, -0.2) is 9.59 Å². The molecule has 0 bridgehead atoms. The molecule has 162 valence electrons. The highest BCUT2D eigenvalue weighted by Crippen LogP contribution is 2.31. The summed E-state index contributed by atoms with van der Waals surface area (Å²) in [7, 11) is 2.63. The molecule has 2 aromatic carbocycles. The van der Waals surface area contributed by atoms with Crippen LogP contribution in [-0.2, 0) is 15.9 Å². The Bertz CT molecular complexity index is 1160. The van der Waals surface area contributed by atoms with Crippen molar-refractivity contribution in [2.45, 2.75) is 19.8 Å². The molecule has 31 heavy (non-hydrogen) atoms. The molecule has 0 aliphatic carbocycles. The minimum atomic E-state index is -0.536. The van der Waals surface area contributed by atoms with Crippen LogP contribution in [0.15, 0.2) is 30.5 Å². The van der Waals surface area contributed by atoms with Crippen LogP contribution in [0.25, 0.3) is 10.9 Å². The van der Waals surface area contributed by atoms with Crippen molar-refractivity contribution in [2.24, 2.45) is 0 Å². The third kappa shape index (κ3) is 5.13. The molecule has 3 rings (SSSR count). The van der Waals surface area contributed by atoms with E-state index in [1.165, 1.54) is 26.4 Å². The van der Waals surface area contributed by atoms with Gasteiger partial charge in [-0.3, -0.25) is 0 Å². The summed E-state index contributed by atoms with van der Waals surface area (Å²) in [6.07, 6.45) is 8.94. The van der Waals surface area contributed by atoms with Gasteiger partial charge in [-0.2, -0.15) is 0 Å². The fourth-order valence-corrected chi connectivity index (χ4v) is 3.60. The van der Waals surface area contributed by atoms with Gasteiger partial charge >= 0.3 is 11.9 Å². The topological polar surface area (TPSA) is 94.4 Å². The summed E-state index contributed by atoms with van der Waals surface area (Å²) in [6.45, 7) is 2.10. The number of aromatic nitrogens is 1. The summed E-state index contributed by atoms with van der Waals surface area (Å²) in [5.74, 6) is 1.39. The monoisotopic (exact) mass is 460 g/mol. The van der Waals surface area contributed by atoms with Gasteiger partial charge in [-0.15, -0.1) is 6.42 Å². The standard InChI is InChI=1S/C13H14ClNO2.C10H8ClNO2/c1-3-4-8-7-10(13(16)17-2)11(14)9-5-6-15-12(8)9;1-3-6-8(12)5-4-7(9(6)11)10(13)14-2/h5-7,15H,3-4H2,1-2H3;1,4-5H,12H2,2H3. The normalized spacial score (nSPS) is 10.1. The Morgan fingerprint density at radius 2 is 1.74 bits per heavy atom. The van der Waals surface area contributed by atoms with Crippen LogP contribution in [-0.4, -0.2) is 31.1 Å². The number of fused-ring (bicyclic) bond motifs is 1. The predicted molar refractivity (Wildman–Crippen MR) is 124 cm³/mol. The zero-order chi connectivity index (χ0) is 23.1. The summed E-state index contributed by atoms with van der Waals surface area (Å²) in [4.78, 5) is 26.0. The molecule has 0 saturated heterocycles. The number of carbonyl (C=O) groups excluding carboxylic acids is 2. The molecule has 3 N–H and O–H groups in total. The van der Waals surface area contributed by atoms with E-state index in [-0.39, 0.29) is 10.6 Å². The number of aryl methyl sites for hydroxylation is 1. The smallest absolute Gasteiger partial charge is 0.339 e. The summed E-state index contributed by atoms with van der Waals surface area (Å²) >= 11 is 12.1. The van der Waals surface area contributed by atoms with Crippen molar-refractivity contribution in [1.29, 1.82) is 0 Å². The lowest BCUT2D eigenvalue weighted by atomic mass is 10.0. The average Bonchev–Trinajstić information content (AvgIpc) is 3.26. The van der Waals surface area contributed by atoms with Gasteiger partial charge in [0.2, 0.25) is 0 Å². The molecule has 0 aliphatic rings. The number of nitrogen functional groups attached to an aromatic ring is 1. The Morgan fingerprint density at radius 3 is 2.32 bits per heavy atom. The lowest BCUT2D eigenvalue weighted by molar-refractivity contribution is 0.0592. The van der Waals surface area contributed by atoms with Crippen molar-refractivity contribution in [2.75, 3.05) is 20.0 Å². The second kappa shape index (κ2) is 10.8. The van der Waals surface area contributed by atoms with Crippen molar-refractivity contribution in [3.63, 3.8) is 0 Å². The fraction of sp³-hybridized carbons (Fsp3) is 0.217. The second-order valence-electron chi connectivity index (χ2n) is 6.43. The number of benzene rings is 2. The molecule has 8 heteroatoms. The van der Waals surface area contributed by atoms with E-state index in [9.17, 15) is 9.59 Å². The number of H-pyrrole nitrogens is 1. The van der Waals surface area contributed by atoms with E-state index in [1.54, 1.807) is 0 Å². The van der Waals surface area contributed by atoms with E-state index in [1.807, 2.05) is 18.3 Å². The number of halogens is 2. The van der Waals surface area contributed by atoms with Crippen LogP contribution < -0.4 is 5.73 Å². The van der Waals surface area contributed by atoms with E-state index < -0.39 is 11.9 Å². The van der Waals surface area contributed by atoms with Crippen molar-refractivity contribution in [3.8, 4) is 12.3 Å². The molecule has 0 spiro atoms. The van der Waals surface area contributed by atoms with Gasteiger partial charge in [-0.1, -0.05) is 42.5 Å². The number of nitrogens with two attached hydrogens (primary N) is 1. The number of aromatic amines is 1. The minimum Gasteiger partial charge on any atom is -0.465 e. The van der Waals surface area contributed by atoms with Gasteiger partial charge < -0.3 is 20.2 Å². The number of terminal acetylenes is 1. The number of ether oxygens (including phenoxy) is 2. The lowest BCUT2D eigenvalue weighted by Gasteiger charge is -2.08. The second-order valence-corrected chi connectivity index (χ2v) is 7.19. The number of rotatable bonds is 4. The average molecular weight is 461 g/mol. The molecule has 0 radical (unpaired) electrons. The summed E-state index contributed by atoms with van der Waals surface area (Å²) in [5, 5.41) is 1.48. The fourth-order valence-electron chi connectivity index (χ4n) is 3.00. The van der Waals surface area contributed by atoms with Gasteiger partial charge in [0.15, 0.2) is 0 Å². The number of nitrogens with one attached hydrogen (secondary N) is 1. The Kier molecular flexibility index (Phi) is 8.38. The van der Waals surface area contributed by atoms with E-state index in [2.05, 4.69) is 22.6 Å². The highest BCUT2D eigenvalue weighted by atomic mass is 35.5. The molecule has 0 fully saturated rings. The molecule has 0 amide bonds. The van der Waals surface area contributed by atoms with Gasteiger partial charge in [-0.05, 0) is 36.2 Å². The van der Waals surface area contributed by atoms with Crippen molar-refractivity contribution < 1.29 is 19.1 Å². The largest absolute Gasteiger partial charge is 0.465 e. The maximum Gasteiger partial charge on any atom is 0.339 e. The van der Waals surface area contributed by atoms with Gasteiger partial charge in [0.05, 0.1) is 46.5 Å². The summed E-state index contributed by atoms with van der Waals surface area (Å²) in [5.41, 5.74) is 9.00. The number of anilines is 1. The molecule has 3 aromatic rings. The Balaban J connectivity index is 0.000000225. The van der Waals surface area contributed by atoms with Gasteiger partial charge in [0, 0.05) is 17.3 Å². The van der Waals surface area contributed by atoms with E-state index in [0.29, 0.717) is 21.8 Å². The SMILES string of the molecule is C#Cc1c(N)ccc(C(=O)OC)c1Cl.CCCc1cc(C(=O)OC)c(Cl)c2cc[nH]c12. The highest BCUT2D eigenvalue weighted by Gasteiger charge is 2.17. The van der Waals surface area contributed by atoms with Crippen LogP contribution in [0.3, 0.4) is 0 Å². The van der Waals surface area contributed by atoms with Crippen LogP contribution >= 0.6 is 23.2 Å². The van der Waals surface area contributed by atoms with Gasteiger partial charge in [0.25, 0.3) is 0 Å². The number of methoxy groups -OCH3 is 2.